The lowest BCUT2D eigenvalue weighted by molar-refractivity contribution is -0.129. The van der Waals surface area contributed by atoms with Gasteiger partial charge in [-0.15, -0.1) is 0 Å². The van der Waals surface area contributed by atoms with Crippen molar-refractivity contribution in [2.45, 2.75) is 48.5 Å². The normalized spacial score (nSPS) is 12.1. The Balaban J connectivity index is 3.01. The quantitative estimate of drug-likeness (QED) is 0.845. The standard InChI is InChI=1S/C17H27NO/c1-11(2)17(7,12(3)4)16(19)18-15-9-8-13(5)10-14(15)6/h8-12H,1-7H3,(H,18,19). The summed E-state index contributed by atoms with van der Waals surface area (Å²) in [6.45, 7) is 14.6. The zero-order chi connectivity index (χ0) is 14.8. The first kappa shape index (κ1) is 15.7. The van der Waals surface area contributed by atoms with Gasteiger partial charge in [-0.2, -0.15) is 0 Å². The molecular formula is C17H27NO. The molecule has 0 bridgehead atoms. The second kappa shape index (κ2) is 5.77. The fourth-order valence-corrected chi connectivity index (χ4v) is 2.40. The first-order valence-corrected chi connectivity index (χ1v) is 7.08. The van der Waals surface area contributed by atoms with Crippen LogP contribution in [0.4, 0.5) is 5.69 Å². The van der Waals surface area contributed by atoms with Crippen LogP contribution in [0.15, 0.2) is 18.2 Å². The van der Waals surface area contributed by atoms with Crippen LogP contribution < -0.4 is 5.32 Å². The molecule has 2 nitrogen and oxygen atoms in total. The van der Waals surface area contributed by atoms with Gasteiger partial charge in [-0.05, 0) is 37.3 Å². The van der Waals surface area contributed by atoms with Gasteiger partial charge in [0.25, 0.3) is 0 Å². The van der Waals surface area contributed by atoms with E-state index in [4.69, 9.17) is 0 Å². The van der Waals surface area contributed by atoms with Crippen molar-refractivity contribution in [1.82, 2.24) is 0 Å². The van der Waals surface area contributed by atoms with Gasteiger partial charge in [0, 0.05) is 5.69 Å². The highest BCUT2D eigenvalue weighted by molar-refractivity contribution is 5.96. The second-order valence-corrected chi connectivity index (χ2v) is 6.36. The number of carbonyl (C=O) groups excluding carboxylic acids is 1. The van der Waals surface area contributed by atoms with Crippen LogP contribution in [-0.4, -0.2) is 5.91 Å². The highest BCUT2D eigenvalue weighted by Gasteiger charge is 2.39. The van der Waals surface area contributed by atoms with Gasteiger partial charge in [-0.1, -0.05) is 52.3 Å². The Labute approximate surface area is 117 Å². The maximum Gasteiger partial charge on any atom is 0.230 e. The van der Waals surface area contributed by atoms with E-state index in [0.29, 0.717) is 11.8 Å². The van der Waals surface area contributed by atoms with Crippen molar-refractivity contribution in [1.29, 1.82) is 0 Å². The number of amides is 1. The van der Waals surface area contributed by atoms with E-state index >= 15 is 0 Å². The summed E-state index contributed by atoms with van der Waals surface area (Å²) in [5.41, 5.74) is 2.90. The molecule has 0 aliphatic heterocycles. The van der Waals surface area contributed by atoms with Crippen LogP contribution in [0.2, 0.25) is 0 Å². The fraction of sp³-hybridized carbons (Fsp3) is 0.588. The number of aryl methyl sites for hydroxylation is 2. The van der Waals surface area contributed by atoms with Gasteiger partial charge in [-0.3, -0.25) is 4.79 Å². The Morgan fingerprint density at radius 2 is 1.63 bits per heavy atom. The molecule has 0 aliphatic rings. The van der Waals surface area contributed by atoms with Gasteiger partial charge < -0.3 is 5.32 Å². The van der Waals surface area contributed by atoms with Gasteiger partial charge in [0.15, 0.2) is 0 Å². The van der Waals surface area contributed by atoms with E-state index in [-0.39, 0.29) is 11.3 Å². The minimum Gasteiger partial charge on any atom is -0.325 e. The smallest absolute Gasteiger partial charge is 0.230 e. The lowest BCUT2D eigenvalue weighted by atomic mass is 9.70. The summed E-state index contributed by atoms with van der Waals surface area (Å²) >= 11 is 0. The molecule has 1 N–H and O–H groups in total. The van der Waals surface area contributed by atoms with E-state index in [2.05, 4.69) is 52.9 Å². The molecule has 0 radical (unpaired) electrons. The summed E-state index contributed by atoms with van der Waals surface area (Å²) in [7, 11) is 0. The molecule has 0 fully saturated rings. The van der Waals surface area contributed by atoms with Crippen LogP contribution in [0.5, 0.6) is 0 Å². The number of rotatable bonds is 4. The van der Waals surface area contributed by atoms with E-state index in [1.54, 1.807) is 0 Å². The number of benzene rings is 1. The zero-order valence-corrected chi connectivity index (χ0v) is 13.3. The highest BCUT2D eigenvalue weighted by Crippen LogP contribution is 2.36. The lowest BCUT2D eigenvalue weighted by Gasteiger charge is -2.36. The average Bonchev–Trinajstić information content (AvgIpc) is 2.30. The number of anilines is 1. The Morgan fingerprint density at radius 1 is 1.11 bits per heavy atom. The molecule has 0 spiro atoms. The Hall–Kier alpha value is -1.31. The molecule has 0 unspecified atom stereocenters. The highest BCUT2D eigenvalue weighted by atomic mass is 16.2. The predicted molar refractivity (Wildman–Crippen MR) is 82.3 cm³/mol. The molecular weight excluding hydrogens is 234 g/mol. The summed E-state index contributed by atoms with van der Waals surface area (Å²) in [5.74, 6) is 0.723. The topological polar surface area (TPSA) is 29.1 Å². The fourth-order valence-electron chi connectivity index (χ4n) is 2.40. The first-order chi connectivity index (χ1) is 8.69. The molecule has 0 saturated carbocycles. The van der Waals surface area contributed by atoms with Crippen LogP contribution in [0.3, 0.4) is 0 Å². The van der Waals surface area contributed by atoms with Crippen molar-refractivity contribution in [3.8, 4) is 0 Å². The molecule has 0 saturated heterocycles. The van der Waals surface area contributed by atoms with Crippen molar-refractivity contribution < 1.29 is 4.79 Å². The van der Waals surface area contributed by atoms with Gasteiger partial charge in [0.2, 0.25) is 5.91 Å². The summed E-state index contributed by atoms with van der Waals surface area (Å²) in [5, 5.41) is 3.10. The van der Waals surface area contributed by atoms with Crippen LogP contribution >= 0.6 is 0 Å². The Morgan fingerprint density at radius 3 is 2.05 bits per heavy atom. The number of nitrogens with one attached hydrogen (secondary N) is 1. The maximum atomic E-state index is 12.6. The summed E-state index contributed by atoms with van der Waals surface area (Å²) in [4.78, 5) is 12.6. The Bertz CT molecular complexity index is 452. The molecule has 1 rings (SSSR count). The van der Waals surface area contributed by atoms with Crippen LogP contribution in [0.1, 0.15) is 45.7 Å². The molecule has 0 aromatic heterocycles. The molecule has 1 amide bonds. The molecule has 19 heavy (non-hydrogen) atoms. The van der Waals surface area contributed by atoms with Crippen molar-refractivity contribution in [2.75, 3.05) is 5.32 Å². The monoisotopic (exact) mass is 261 g/mol. The number of carbonyl (C=O) groups is 1. The maximum absolute atomic E-state index is 12.6. The lowest BCUT2D eigenvalue weighted by Crippen LogP contribution is -2.42. The minimum atomic E-state index is -0.350. The number of hydrogen-bond acceptors (Lipinski definition) is 1. The first-order valence-electron chi connectivity index (χ1n) is 7.08. The third kappa shape index (κ3) is 3.17. The van der Waals surface area contributed by atoms with E-state index in [1.807, 2.05) is 19.1 Å². The third-order valence-electron chi connectivity index (χ3n) is 4.52. The largest absolute Gasteiger partial charge is 0.325 e. The second-order valence-electron chi connectivity index (χ2n) is 6.36. The van der Waals surface area contributed by atoms with E-state index in [9.17, 15) is 4.79 Å². The third-order valence-corrected chi connectivity index (χ3v) is 4.52. The summed E-state index contributed by atoms with van der Waals surface area (Å²) < 4.78 is 0. The van der Waals surface area contributed by atoms with Crippen LogP contribution in [-0.2, 0) is 4.79 Å². The molecule has 2 heteroatoms. The predicted octanol–water partition coefficient (Wildman–Crippen LogP) is 4.56. The van der Waals surface area contributed by atoms with Gasteiger partial charge in [0.1, 0.15) is 0 Å². The van der Waals surface area contributed by atoms with E-state index in [0.717, 1.165) is 11.3 Å². The summed E-state index contributed by atoms with van der Waals surface area (Å²) in [6, 6.07) is 6.12. The van der Waals surface area contributed by atoms with Crippen molar-refractivity contribution >= 4 is 11.6 Å². The van der Waals surface area contributed by atoms with E-state index in [1.165, 1.54) is 5.56 Å². The van der Waals surface area contributed by atoms with Crippen molar-refractivity contribution in [2.24, 2.45) is 17.3 Å². The van der Waals surface area contributed by atoms with Crippen molar-refractivity contribution in [3.05, 3.63) is 29.3 Å². The molecule has 0 heterocycles. The zero-order valence-electron chi connectivity index (χ0n) is 13.3. The minimum absolute atomic E-state index is 0.115. The Kier molecular flexibility index (Phi) is 4.78. The molecule has 1 aromatic carbocycles. The van der Waals surface area contributed by atoms with Crippen LogP contribution in [0.25, 0.3) is 0 Å². The van der Waals surface area contributed by atoms with Gasteiger partial charge >= 0.3 is 0 Å². The average molecular weight is 261 g/mol. The SMILES string of the molecule is Cc1ccc(NC(=O)C(C)(C(C)C)C(C)C)c(C)c1. The molecule has 106 valence electrons. The number of hydrogen-bond donors (Lipinski definition) is 1. The van der Waals surface area contributed by atoms with Crippen molar-refractivity contribution in [3.63, 3.8) is 0 Å². The van der Waals surface area contributed by atoms with Gasteiger partial charge in [0.05, 0.1) is 5.41 Å². The van der Waals surface area contributed by atoms with Crippen LogP contribution in [0, 0.1) is 31.1 Å². The molecule has 0 aliphatic carbocycles. The molecule has 0 atom stereocenters. The molecule has 1 aromatic rings. The van der Waals surface area contributed by atoms with Gasteiger partial charge in [-0.25, -0.2) is 0 Å². The van der Waals surface area contributed by atoms with E-state index < -0.39 is 0 Å². The summed E-state index contributed by atoms with van der Waals surface area (Å²) in [6.07, 6.45) is 0.